The van der Waals surface area contributed by atoms with E-state index in [9.17, 15) is 18.3 Å². The van der Waals surface area contributed by atoms with Crippen molar-refractivity contribution in [3.8, 4) is 5.75 Å². The fourth-order valence-electron chi connectivity index (χ4n) is 2.94. The number of benzene rings is 1. The maximum atomic E-state index is 12.1. The van der Waals surface area contributed by atoms with Gasteiger partial charge in [-0.3, -0.25) is 0 Å². The van der Waals surface area contributed by atoms with E-state index in [-0.39, 0.29) is 18.3 Å². The van der Waals surface area contributed by atoms with Crippen molar-refractivity contribution in [2.24, 2.45) is 11.8 Å². The van der Waals surface area contributed by atoms with Crippen LogP contribution in [0.1, 0.15) is 31.2 Å². The number of rotatable bonds is 5. The summed E-state index contributed by atoms with van der Waals surface area (Å²) in [4.78, 5) is 0. The molecule has 1 saturated carbocycles. The van der Waals surface area contributed by atoms with Crippen LogP contribution in [-0.4, -0.2) is 18.1 Å². The van der Waals surface area contributed by atoms with Gasteiger partial charge in [0, 0.05) is 6.61 Å². The summed E-state index contributed by atoms with van der Waals surface area (Å²) in [6.07, 6.45) is 0.743. The average Bonchev–Trinajstić information content (AvgIpc) is 2.90. The summed E-state index contributed by atoms with van der Waals surface area (Å²) < 4.78 is 40.0. The Bertz CT molecular complexity index is 408. The SMILES string of the molecule is OCC(Cc1ccc(OC(F)(F)F)cc1)C1CCCC1. The van der Waals surface area contributed by atoms with Crippen molar-refractivity contribution < 1.29 is 23.0 Å². The molecule has 0 heterocycles. The van der Waals surface area contributed by atoms with Gasteiger partial charge in [-0.25, -0.2) is 0 Å². The predicted octanol–water partition coefficient (Wildman–Crippen LogP) is 3.93. The molecule has 0 radical (unpaired) electrons. The molecule has 1 aliphatic carbocycles. The predicted molar refractivity (Wildman–Crippen MR) is 69.4 cm³/mol. The van der Waals surface area contributed by atoms with Crippen molar-refractivity contribution >= 4 is 0 Å². The van der Waals surface area contributed by atoms with Crippen molar-refractivity contribution in [2.45, 2.75) is 38.5 Å². The molecule has 0 saturated heterocycles. The Morgan fingerprint density at radius 1 is 1.15 bits per heavy atom. The second kappa shape index (κ2) is 6.48. The molecule has 0 aliphatic heterocycles. The second-order valence-corrected chi connectivity index (χ2v) is 5.38. The third-order valence-electron chi connectivity index (χ3n) is 3.96. The largest absolute Gasteiger partial charge is 0.573 e. The number of aliphatic hydroxyl groups excluding tert-OH is 1. The van der Waals surface area contributed by atoms with Gasteiger partial charge < -0.3 is 9.84 Å². The molecule has 0 amide bonds. The molecule has 0 bridgehead atoms. The molecule has 2 rings (SSSR count). The van der Waals surface area contributed by atoms with Crippen molar-refractivity contribution in [1.82, 2.24) is 0 Å². The Morgan fingerprint density at radius 3 is 2.25 bits per heavy atom. The van der Waals surface area contributed by atoms with Crippen molar-refractivity contribution in [3.63, 3.8) is 0 Å². The van der Waals surface area contributed by atoms with E-state index in [1.54, 1.807) is 12.1 Å². The van der Waals surface area contributed by atoms with E-state index in [1.807, 2.05) is 0 Å². The summed E-state index contributed by atoms with van der Waals surface area (Å²) >= 11 is 0. The quantitative estimate of drug-likeness (QED) is 0.889. The normalized spacial score (nSPS) is 18.2. The van der Waals surface area contributed by atoms with E-state index in [1.165, 1.54) is 25.0 Å². The summed E-state index contributed by atoms with van der Waals surface area (Å²) in [6.45, 7) is 0.130. The molecule has 1 aromatic carbocycles. The molecule has 20 heavy (non-hydrogen) atoms. The maximum absolute atomic E-state index is 12.1. The zero-order chi connectivity index (χ0) is 14.6. The third-order valence-corrected chi connectivity index (χ3v) is 3.96. The summed E-state index contributed by atoms with van der Waals surface area (Å²) in [6, 6.07) is 5.93. The fraction of sp³-hybridized carbons (Fsp3) is 0.600. The molecule has 1 N–H and O–H groups in total. The van der Waals surface area contributed by atoms with Crippen LogP contribution in [0.4, 0.5) is 13.2 Å². The first kappa shape index (κ1) is 15.2. The number of aliphatic hydroxyl groups is 1. The van der Waals surface area contributed by atoms with Gasteiger partial charge in [-0.15, -0.1) is 13.2 Å². The Kier molecular flexibility index (Phi) is 4.91. The highest BCUT2D eigenvalue weighted by Crippen LogP contribution is 2.33. The van der Waals surface area contributed by atoms with E-state index in [4.69, 9.17) is 0 Å². The average molecular weight is 288 g/mol. The number of hydrogen-bond donors (Lipinski definition) is 1. The molecule has 1 atom stereocenters. The van der Waals surface area contributed by atoms with Crippen LogP contribution in [0.2, 0.25) is 0 Å². The number of halogens is 3. The Hall–Kier alpha value is -1.23. The Labute approximate surface area is 116 Å². The van der Waals surface area contributed by atoms with Crippen LogP contribution in [0.5, 0.6) is 5.75 Å². The third kappa shape index (κ3) is 4.40. The monoisotopic (exact) mass is 288 g/mol. The topological polar surface area (TPSA) is 29.5 Å². The van der Waals surface area contributed by atoms with Crippen molar-refractivity contribution in [2.75, 3.05) is 6.61 Å². The van der Waals surface area contributed by atoms with Crippen LogP contribution in [-0.2, 0) is 6.42 Å². The lowest BCUT2D eigenvalue weighted by Gasteiger charge is -2.21. The summed E-state index contributed by atoms with van der Waals surface area (Å²) in [5.74, 6) is 0.528. The standard InChI is InChI=1S/C15H19F3O2/c16-15(17,18)20-14-7-5-11(6-8-14)9-13(10-19)12-3-1-2-4-12/h5-8,12-13,19H,1-4,9-10H2. The highest BCUT2D eigenvalue weighted by Gasteiger charge is 2.31. The van der Waals surface area contributed by atoms with Gasteiger partial charge in [0.15, 0.2) is 0 Å². The van der Waals surface area contributed by atoms with E-state index < -0.39 is 6.36 Å². The number of alkyl halides is 3. The highest BCUT2D eigenvalue weighted by molar-refractivity contribution is 5.27. The zero-order valence-electron chi connectivity index (χ0n) is 11.2. The zero-order valence-corrected chi connectivity index (χ0v) is 11.2. The molecule has 1 unspecified atom stereocenters. The van der Waals surface area contributed by atoms with Crippen LogP contribution in [0, 0.1) is 11.8 Å². The molecule has 1 aromatic rings. The Morgan fingerprint density at radius 2 is 1.75 bits per heavy atom. The minimum Gasteiger partial charge on any atom is -0.406 e. The van der Waals surface area contributed by atoms with Gasteiger partial charge in [-0.2, -0.15) is 0 Å². The van der Waals surface area contributed by atoms with Crippen molar-refractivity contribution in [1.29, 1.82) is 0 Å². The van der Waals surface area contributed by atoms with Crippen molar-refractivity contribution in [3.05, 3.63) is 29.8 Å². The van der Waals surface area contributed by atoms with Crippen LogP contribution in [0.15, 0.2) is 24.3 Å². The first-order valence-electron chi connectivity index (χ1n) is 6.93. The minimum absolute atomic E-state index is 0.130. The molecule has 5 heteroatoms. The van der Waals surface area contributed by atoms with Gasteiger partial charge in [0.25, 0.3) is 0 Å². The van der Waals surface area contributed by atoms with Gasteiger partial charge in [-0.05, 0) is 36.0 Å². The van der Waals surface area contributed by atoms with Crippen LogP contribution in [0.3, 0.4) is 0 Å². The summed E-state index contributed by atoms with van der Waals surface area (Å²) in [5.41, 5.74) is 0.936. The van der Waals surface area contributed by atoms with E-state index in [2.05, 4.69) is 4.74 Å². The van der Waals surface area contributed by atoms with Crippen LogP contribution < -0.4 is 4.74 Å². The van der Waals surface area contributed by atoms with Gasteiger partial charge in [0.05, 0.1) is 0 Å². The van der Waals surface area contributed by atoms with E-state index in [0.717, 1.165) is 18.4 Å². The molecule has 0 aromatic heterocycles. The molecule has 1 fully saturated rings. The smallest absolute Gasteiger partial charge is 0.406 e. The van der Waals surface area contributed by atoms with Gasteiger partial charge in [0.1, 0.15) is 5.75 Å². The van der Waals surface area contributed by atoms with Gasteiger partial charge >= 0.3 is 6.36 Å². The molecule has 2 nitrogen and oxygen atoms in total. The first-order valence-corrected chi connectivity index (χ1v) is 6.93. The summed E-state index contributed by atoms with van der Waals surface area (Å²) in [5, 5.41) is 9.48. The number of hydrogen-bond acceptors (Lipinski definition) is 2. The maximum Gasteiger partial charge on any atom is 0.573 e. The number of ether oxygens (including phenoxy) is 1. The first-order chi connectivity index (χ1) is 9.48. The van der Waals surface area contributed by atoms with Crippen LogP contribution >= 0.6 is 0 Å². The lowest BCUT2D eigenvalue weighted by atomic mass is 9.86. The molecule has 0 spiro atoms. The van der Waals surface area contributed by atoms with E-state index in [0.29, 0.717) is 12.3 Å². The Balaban J connectivity index is 1.95. The van der Waals surface area contributed by atoms with Crippen LogP contribution in [0.25, 0.3) is 0 Å². The molecular weight excluding hydrogens is 269 g/mol. The van der Waals surface area contributed by atoms with E-state index >= 15 is 0 Å². The minimum atomic E-state index is -4.65. The van der Waals surface area contributed by atoms with Gasteiger partial charge in [-0.1, -0.05) is 37.8 Å². The molecule has 112 valence electrons. The lowest BCUT2D eigenvalue weighted by molar-refractivity contribution is -0.274. The van der Waals surface area contributed by atoms with Gasteiger partial charge in [0.2, 0.25) is 0 Å². The summed E-state index contributed by atoms with van der Waals surface area (Å²) in [7, 11) is 0. The molecule has 1 aliphatic rings. The lowest BCUT2D eigenvalue weighted by Crippen LogP contribution is -2.19. The second-order valence-electron chi connectivity index (χ2n) is 5.38. The fourth-order valence-corrected chi connectivity index (χ4v) is 2.94. The molecular formula is C15H19F3O2. The highest BCUT2D eigenvalue weighted by atomic mass is 19.4.